The van der Waals surface area contributed by atoms with E-state index in [-0.39, 0.29) is 0 Å². The molecule has 0 aromatic carbocycles. The standard InChI is InChI=1S/C15H20ClN3O/c1-8-13(16)18-15(10-4-5-10)19-14(8)17-11-6-7-20-12(11)9-2-3-9/h9-12H,2-7H2,1H3,(H,17,18,19). The van der Waals surface area contributed by atoms with Crippen LogP contribution in [0.5, 0.6) is 0 Å². The number of halogens is 1. The predicted molar refractivity (Wildman–Crippen MR) is 78.2 cm³/mol. The molecule has 0 bridgehead atoms. The van der Waals surface area contributed by atoms with Crippen LogP contribution in [0.3, 0.4) is 0 Å². The van der Waals surface area contributed by atoms with Crippen LogP contribution in [-0.2, 0) is 4.74 Å². The first kappa shape index (κ1) is 12.8. The van der Waals surface area contributed by atoms with Gasteiger partial charge in [0.25, 0.3) is 0 Å². The van der Waals surface area contributed by atoms with Gasteiger partial charge in [-0.15, -0.1) is 0 Å². The van der Waals surface area contributed by atoms with E-state index in [1.807, 2.05) is 6.92 Å². The van der Waals surface area contributed by atoms with Crippen molar-refractivity contribution in [2.24, 2.45) is 5.92 Å². The zero-order chi connectivity index (χ0) is 13.7. The van der Waals surface area contributed by atoms with E-state index in [9.17, 15) is 0 Å². The van der Waals surface area contributed by atoms with E-state index in [1.165, 1.54) is 25.7 Å². The lowest BCUT2D eigenvalue weighted by Crippen LogP contribution is -2.31. The van der Waals surface area contributed by atoms with Crippen LogP contribution in [0.4, 0.5) is 5.82 Å². The van der Waals surface area contributed by atoms with Gasteiger partial charge in [0.1, 0.15) is 16.8 Å². The Balaban J connectivity index is 1.57. The quantitative estimate of drug-likeness (QED) is 0.865. The molecule has 2 aliphatic carbocycles. The normalized spacial score (nSPS) is 29.7. The second kappa shape index (κ2) is 4.85. The van der Waals surface area contributed by atoms with Crippen LogP contribution < -0.4 is 5.32 Å². The van der Waals surface area contributed by atoms with Crippen molar-refractivity contribution in [1.82, 2.24) is 9.97 Å². The Morgan fingerprint density at radius 3 is 2.65 bits per heavy atom. The molecule has 1 saturated heterocycles. The summed E-state index contributed by atoms with van der Waals surface area (Å²) in [7, 11) is 0. The van der Waals surface area contributed by atoms with Crippen molar-refractivity contribution >= 4 is 17.4 Å². The lowest BCUT2D eigenvalue weighted by molar-refractivity contribution is 0.0898. The highest BCUT2D eigenvalue weighted by molar-refractivity contribution is 6.30. The molecule has 2 atom stereocenters. The minimum atomic E-state index is 0.354. The van der Waals surface area contributed by atoms with E-state index in [0.29, 0.717) is 23.2 Å². The van der Waals surface area contributed by atoms with Crippen LogP contribution in [-0.4, -0.2) is 28.7 Å². The monoisotopic (exact) mass is 293 g/mol. The molecule has 0 amide bonds. The molecular formula is C15H20ClN3O. The zero-order valence-corrected chi connectivity index (χ0v) is 12.5. The number of aromatic nitrogens is 2. The van der Waals surface area contributed by atoms with Gasteiger partial charge in [0, 0.05) is 18.1 Å². The molecular weight excluding hydrogens is 274 g/mol. The van der Waals surface area contributed by atoms with Gasteiger partial charge in [0.15, 0.2) is 0 Å². The van der Waals surface area contributed by atoms with Gasteiger partial charge < -0.3 is 10.1 Å². The highest BCUT2D eigenvalue weighted by Crippen LogP contribution is 2.41. The average molecular weight is 294 g/mol. The topological polar surface area (TPSA) is 47.0 Å². The van der Waals surface area contributed by atoms with Gasteiger partial charge in [-0.1, -0.05) is 11.6 Å². The smallest absolute Gasteiger partial charge is 0.137 e. The van der Waals surface area contributed by atoms with Crippen molar-refractivity contribution in [2.75, 3.05) is 11.9 Å². The van der Waals surface area contributed by atoms with Crippen LogP contribution in [0.2, 0.25) is 5.15 Å². The summed E-state index contributed by atoms with van der Waals surface area (Å²) in [5.41, 5.74) is 0.956. The summed E-state index contributed by atoms with van der Waals surface area (Å²) >= 11 is 6.27. The number of nitrogens with one attached hydrogen (secondary N) is 1. The maximum atomic E-state index is 6.27. The van der Waals surface area contributed by atoms with Crippen molar-refractivity contribution in [3.05, 3.63) is 16.5 Å². The van der Waals surface area contributed by atoms with Crippen molar-refractivity contribution in [2.45, 2.75) is 57.1 Å². The molecule has 4 nitrogen and oxygen atoms in total. The van der Waals surface area contributed by atoms with E-state index < -0.39 is 0 Å². The Bertz CT molecular complexity index is 528. The maximum absolute atomic E-state index is 6.27. The van der Waals surface area contributed by atoms with E-state index in [4.69, 9.17) is 21.3 Å². The first-order valence-electron chi connectivity index (χ1n) is 7.64. The van der Waals surface area contributed by atoms with Crippen LogP contribution in [0, 0.1) is 12.8 Å². The number of anilines is 1. The third kappa shape index (κ3) is 2.40. The Hall–Kier alpha value is -0.870. The van der Waals surface area contributed by atoms with Gasteiger partial charge in [-0.05, 0) is 44.9 Å². The van der Waals surface area contributed by atoms with Gasteiger partial charge in [-0.2, -0.15) is 0 Å². The molecule has 0 spiro atoms. The van der Waals surface area contributed by atoms with Crippen LogP contribution in [0.25, 0.3) is 0 Å². The largest absolute Gasteiger partial charge is 0.376 e. The summed E-state index contributed by atoms with van der Waals surface area (Å²) in [6.07, 6.45) is 6.40. The second-order valence-corrected chi connectivity index (χ2v) is 6.69. The minimum absolute atomic E-state index is 0.354. The number of hydrogen-bond acceptors (Lipinski definition) is 4. The fourth-order valence-electron chi connectivity index (χ4n) is 3.00. The molecule has 20 heavy (non-hydrogen) atoms. The summed E-state index contributed by atoms with van der Waals surface area (Å²) in [4.78, 5) is 9.13. The maximum Gasteiger partial charge on any atom is 0.137 e. The molecule has 1 aromatic rings. The van der Waals surface area contributed by atoms with Crippen molar-refractivity contribution < 1.29 is 4.74 Å². The van der Waals surface area contributed by atoms with E-state index in [2.05, 4.69) is 10.3 Å². The first-order valence-corrected chi connectivity index (χ1v) is 8.02. The van der Waals surface area contributed by atoms with Gasteiger partial charge in [-0.3, -0.25) is 0 Å². The summed E-state index contributed by atoms with van der Waals surface area (Å²) in [6, 6.07) is 0.374. The number of rotatable bonds is 4. The van der Waals surface area contributed by atoms with Gasteiger partial charge >= 0.3 is 0 Å². The molecule has 3 aliphatic rings. The number of nitrogens with zero attached hydrogens (tertiary/aromatic N) is 2. The summed E-state index contributed by atoms with van der Waals surface area (Å²) in [5.74, 6) is 3.08. The summed E-state index contributed by atoms with van der Waals surface area (Å²) in [5, 5.41) is 4.17. The second-order valence-electron chi connectivity index (χ2n) is 6.33. The Morgan fingerprint density at radius 2 is 1.95 bits per heavy atom. The number of ether oxygens (including phenoxy) is 1. The third-order valence-corrected chi connectivity index (χ3v) is 4.96. The van der Waals surface area contributed by atoms with Crippen molar-refractivity contribution in [1.29, 1.82) is 0 Å². The van der Waals surface area contributed by atoms with Crippen molar-refractivity contribution in [3.8, 4) is 0 Å². The molecule has 2 unspecified atom stereocenters. The first-order chi connectivity index (χ1) is 9.72. The lowest BCUT2D eigenvalue weighted by atomic mass is 10.1. The molecule has 0 radical (unpaired) electrons. The third-order valence-electron chi connectivity index (χ3n) is 4.59. The SMILES string of the molecule is Cc1c(Cl)nc(C2CC2)nc1NC1CCOC1C1CC1. The predicted octanol–water partition coefficient (Wildman–Crippen LogP) is 3.30. The number of hydrogen-bond donors (Lipinski definition) is 1. The van der Waals surface area contributed by atoms with Gasteiger partial charge in [-0.25, -0.2) is 9.97 Å². The average Bonchev–Trinajstić information content (AvgIpc) is 3.33. The molecule has 2 saturated carbocycles. The Labute approximate surface area is 124 Å². The Morgan fingerprint density at radius 1 is 1.15 bits per heavy atom. The fraction of sp³-hybridized carbons (Fsp3) is 0.733. The molecule has 1 aromatic heterocycles. The highest BCUT2D eigenvalue weighted by Gasteiger charge is 2.41. The van der Waals surface area contributed by atoms with Crippen LogP contribution >= 0.6 is 11.6 Å². The molecule has 1 N–H and O–H groups in total. The fourth-order valence-corrected chi connectivity index (χ4v) is 3.18. The highest BCUT2D eigenvalue weighted by atomic mass is 35.5. The van der Waals surface area contributed by atoms with Crippen LogP contribution in [0.15, 0.2) is 0 Å². The Kier molecular flexibility index (Phi) is 3.11. The molecule has 1 aliphatic heterocycles. The van der Waals surface area contributed by atoms with Gasteiger partial charge in [0.2, 0.25) is 0 Å². The summed E-state index contributed by atoms with van der Waals surface area (Å²) < 4.78 is 5.88. The van der Waals surface area contributed by atoms with Gasteiger partial charge in [0.05, 0.1) is 12.1 Å². The van der Waals surface area contributed by atoms with E-state index in [0.717, 1.165) is 36.2 Å². The summed E-state index contributed by atoms with van der Waals surface area (Å²) in [6.45, 7) is 2.84. The minimum Gasteiger partial charge on any atom is -0.376 e. The van der Waals surface area contributed by atoms with E-state index in [1.54, 1.807) is 0 Å². The molecule has 2 heterocycles. The molecule has 5 heteroatoms. The lowest BCUT2D eigenvalue weighted by Gasteiger charge is -2.21. The molecule has 3 fully saturated rings. The van der Waals surface area contributed by atoms with Crippen LogP contribution in [0.1, 0.15) is 49.4 Å². The zero-order valence-electron chi connectivity index (χ0n) is 11.7. The molecule has 108 valence electrons. The van der Waals surface area contributed by atoms with Crippen molar-refractivity contribution in [3.63, 3.8) is 0 Å². The molecule has 4 rings (SSSR count). The van der Waals surface area contributed by atoms with E-state index >= 15 is 0 Å².